The average Bonchev–Trinajstić information content (AvgIpc) is 3.14. The van der Waals surface area contributed by atoms with Gasteiger partial charge in [-0.05, 0) is 55.2 Å². The topological polar surface area (TPSA) is 55.8 Å². The van der Waals surface area contributed by atoms with Crippen LogP contribution in [0, 0.1) is 5.82 Å². The van der Waals surface area contributed by atoms with Crippen LogP contribution in [-0.2, 0) is 10.0 Å². The molecule has 140 valence electrons. The van der Waals surface area contributed by atoms with Crippen LogP contribution in [0.5, 0.6) is 11.5 Å². The number of hydrogen-bond donors (Lipinski definition) is 0. The van der Waals surface area contributed by atoms with Crippen LogP contribution in [0.4, 0.5) is 4.39 Å². The summed E-state index contributed by atoms with van der Waals surface area (Å²) < 4.78 is 51.4. The van der Waals surface area contributed by atoms with Gasteiger partial charge in [0.2, 0.25) is 10.0 Å². The maximum Gasteiger partial charge on any atom is 0.243 e. The molecule has 0 N–H and O–H groups in total. The number of hydrogen-bond acceptors (Lipinski definition) is 4. The van der Waals surface area contributed by atoms with Crippen molar-refractivity contribution in [2.24, 2.45) is 0 Å². The molecule has 5 nitrogen and oxygen atoms in total. The van der Waals surface area contributed by atoms with Crippen molar-refractivity contribution >= 4 is 10.0 Å². The van der Waals surface area contributed by atoms with E-state index in [2.05, 4.69) is 0 Å². The van der Waals surface area contributed by atoms with E-state index < -0.39 is 15.8 Å². The first kappa shape index (κ1) is 18.7. The van der Waals surface area contributed by atoms with Crippen molar-refractivity contribution in [3.05, 3.63) is 53.8 Å². The molecule has 1 aliphatic heterocycles. The standard InChI is InChI=1S/C19H22FNO4S/c1-3-25-19-9-8-17(12-18(19)20)26(22,23)21-11-10-15(13-21)14-4-6-16(24-2)7-5-14/h4-9,12,15H,3,10-11,13H2,1-2H3. The second-order valence-corrected chi connectivity index (χ2v) is 8.08. The molecule has 1 unspecified atom stereocenters. The fourth-order valence-corrected chi connectivity index (χ4v) is 4.67. The van der Waals surface area contributed by atoms with Crippen molar-refractivity contribution < 1.29 is 22.3 Å². The van der Waals surface area contributed by atoms with Crippen molar-refractivity contribution in [2.45, 2.75) is 24.2 Å². The van der Waals surface area contributed by atoms with Gasteiger partial charge in [0.1, 0.15) is 5.75 Å². The zero-order valence-electron chi connectivity index (χ0n) is 14.8. The fraction of sp³-hybridized carbons (Fsp3) is 0.368. The smallest absolute Gasteiger partial charge is 0.243 e. The Labute approximate surface area is 153 Å². The van der Waals surface area contributed by atoms with E-state index in [1.807, 2.05) is 24.3 Å². The van der Waals surface area contributed by atoms with Crippen LogP contribution >= 0.6 is 0 Å². The van der Waals surface area contributed by atoms with Crippen LogP contribution in [-0.4, -0.2) is 39.5 Å². The zero-order valence-corrected chi connectivity index (χ0v) is 15.6. The Hall–Kier alpha value is -2.12. The Morgan fingerprint density at radius 3 is 2.54 bits per heavy atom. The fourth-order valence-electron chi connectivity index (χ4n) is 3.16. The molecule has 3 rings (SSSR count). The van der Waals surface area contributed by atoms with Crippen LogP contribution in [0.25, 0.3) is 0 Å². The summed E-state index contributed by atoms with van der Waals surface area (Å²) in [7, 11) is -2.13. The first-order valence-electron chi connectivity index (χ1n) is 8.52. The molecule has 1 saturated heterocycles. The first-order chi connectivity index (χ1) is 12.5. The van der Waals surface area contributed by atoms with Crippen molar-refractivity contribution in [3.8, 4) is 11.5 Å². The van der Waals surface area contributed by atoms with Gasteiger partial charge in [-0.3, -0.25) is 0 Å². The molecule has 0 radical (unpaired) electrons. The average molecular weight is 379 g/mol. The SMILES string of the molecule is CCOc1ccc(S(=O)(=O)N2CCC(c3ccc(OC)cc3)C2)cc1F. The summed E-state index contributed by atoms with van der Waals surface area (Å²) in [4.78, 5) is -0.0474. The van der Waals surface area contributed by atoms with E-state index in [9.17, 15) is 12.8 Å². The van der Waals surface area contributed by atoms with E-state index in [1.54, 1.807) is 14.0 Å². The molecule has 7 heteroatoms. The molecule has 0 spiro atoms. The third-order valence-electron chi connectivity index (χ3n) is 4.58. The highest BCUT2D eigenvalue weighted by Gasteiger charge is 2.33. The van der Waals surface area contributed by atoms with Crippen LogP contribution in [0.15, 0.2) is 47.4 Å². The normalized spacial score (nSPS) is 18.0. The third-order valence-corrected chi connectivity index (χ3v) is 6.44. The van der Waals surface area contributed by atoms with Gasteiger partial charge in [0.15, 0.2) is 11.6 Å². The van der Waals surface area contributed by atoms with Crippen molar-refractivity contribution in [1.29, 1.82) is 0 Å². The van der Waals surface area contributed by atoms with Gasteiger partial charge in [0.25, 0.3) is 0 Å². The van der Waals surface area contributed by atoms with E-state index in [0.717, 1.165) is 23.8 Å². The summed E-state index contributed by atoms with van der Waals surface area (Å²) in [6.45, 7) is 2.85. The number of sulfonamides is 1. The molecule has 26 heavy (non-hydrogen) atoms. The highest BCUT2D eigenvalue weighted by molar-refractivity contribution is 7.89. The van der Waals surface area contributed by atoms with Gasteiger partial charge in [0, 0.05) is 13.1 Å². The molecule has 1 fully saturated rings. The molecule has 1 heterocycles. The molecular formula is C19H22FNO4S. The van der Waals surface area contributed by atoms with Crippen molar-refractivity contribution in [3.63, 3.8) is 0 Å². The lowest BCUT2D eigenvalue weighted by molar-refractivity contribution is 0.321. The lowest BCUT2D eigenvalue weighted by Gasteiger charge is -2.17. The Morgan fingerprint density at radius 1 is 1.19 bits per heavy atom. The van der Waals surface area contributed by atoms with Crippen LogP contribution in [0.3, 0.4) is 0 Å². The molecule has 1 atom stereocenters. The molecule has 2 aromatic rings. The van der Waals surface area contributed by atoms with Gasteiger partial charge in [-0.15, -0.1) is 0 Å². The lowest BCUT2D eigenvalue weighted by atomic mass is 9.99. The first-order valence-corrected chi connectivity index (χ1v) is 9.96. The van der Waals surface area contributed by atoms with E-state index >= 15 is 0 Å². The Morgan fingerprint density at radius 2 is 1.92 bits per heavy atom. The van der Waals surface area contributed by atoms with E-state index in [-0.39, 0.29) is 16.6 Å². The minimum atomic E-state index is -3.73. The van der Waals surface area contributed by atoms with Gasteiger partial charge < -0.3 is 9.47 Å². The number of nitrogens with zero attached hydrogens (tertiary/aromatic N) is 1. The quantitative estimate of drug-likeness (QED) is 0.772. The zero-order chi connectivity index (χ0) is 18.7. The Kier molecular flexibility index (Phi) is 5.48. The summed E-state index contributed by atoms with van der Waals surface area (Å²) in [6.07, 6.45) is 0.727. The predicted molar refractivity (Wildman–Crippen MR) is 96.7 cm³/mol. The third kappa shape index (κ3) is 3.68. The minimum Gasteiger partial charge on any atom is -0.497 e. The Bertz CT molecular complexity index is 868. The van der Waals surface area contributed by atoms with Gasteiger partial charge in [-0.2, -0.15) is 4.31 Å². The van der Waals surface area contributed by atoms with E-state index in [0.29, 0.717) is 19.7 Å². The summed E-state index contributed by atoms with van der Waals surface area (Å²) in [6, 6.07) is 11.4. The molecule has 0 aromatic heterocycles. The summed E-state index contributed by atoms with van der Waals surface area (Å²) in [5.41, 5.74) is 1.07. The second kappa shape index (κ2) is 7.63. The number of ether oxygens (including phenoxy) is 2. The summed E-state index contributed by atoms with van der Waals surface area (Å²) >= 11 is 0. The summed E-state index contributed by atoms with van der Waals surface area (Å²) in [5.74, 6) is 0.270. The lowest BCUT2D eigenvalue weighted by Crippen LogP contribution is -2.28. The number of methoxy groups -OCH3 is 1. The monoisotopic (exact) mass is 379 g/mol. The van der Waals surface area contributed by atoms with Gasteiger partial charge in [-0.1, -0.05) is 12.1 Å². The van der Waals surface area contributed by atoms with Gasteiger partial charge in [-0.25, -0.2) is 12.8 Å². The number of halogens is 1. The van der Waals surface area contributed by atoms with Crippen molar-refractivity contribution in [2.75, 3.05) is 26.8 Å². The molecule has 0 saturated carbocycles. The molecule has 0 bridgehead atoms. The molecule has 2 aromatic carbocycles. The molecule has 0 aliphatic carbocycles. The second-order valence-electron chi connectivity index (χ2n) is 6.15. The molecule has 0 amide bonds. The van der Waals surface area contributed by atoms with Crippen LogP contribution < -0.4 is 9.47 Å². The van der Waals surface area contributed by atoms with E-state index in [4.69, 9.17) is 9.47 Å². The van der Waals surface area contributed by atoms with Gasteiger partial charge >= 0.3 is 0 Å². The van der Waals surface area contributed by atoms with E-state index in [1.165, 1.54) is 16.4 Å². The number of rotatable bonds is 6. The van der Waals surface area contributed by atoms with Crippen LogP contribution in [0.1, 0.15) is 24.8 Å². The van der Waals surface area contributed by atoms with Crippen molar-refractivity contribution in [1.82, 2.24) is 4.31 Å². The molecular weight excluding hydrogens is 357 g/mol. The van der Waals surface area contributed by atoms with Gasteiger partial charge in [0.05, 0.1) is 18.6 Å². The highest BCUT2D eigenvalue weighted by atomic mass is 32.2. The number of benzene rings is 2. The predicted octanol–water partition coefficient (Wildman–Crippen LogP) is 3.41. The summed E-state index contributed by atoms with van der Waals surface area (Å²) in [5, 5.41) is 0. The molecule has 1 aliphatic rings. The largest absolute Gasteiger partial charge is 0.497 e. The maximum absolute atomic E-state index is 14.0. The minimum absolute atomic E-state index is 0.0474. The highest BCUT2D eigenvalue weighted by Crippen LogP contribution is 2.32. The maximum atomic E-state index is 14.0. The van der Waals surface area contributed by atoms with Crippen LogP contribution in [0.2, 0.25) is 0 Å². The Balaban J connectivity index is 1.77.